The first-order valence-electron chi connectivity index (χ1n) is 6.88. The van der Waals surface area contributed by atoms with Gasteiger partial charge in [-0.15, -0.1) is 0 Å². The van der Waals surface area contributed by atoms with Crippen LogP contribution in [0.1, 0.15) is 40.0 Å². The minimum absolute atomic E-state index is 0.416. The highest BCUT2D eigenvalue weighted by molar-refractivity contribution is 7.99. The van der Waals surface area contributed by atoms with E-state index in [1.807, 2.05) is 11.8 Å². The fraction of sp³-hybridized carbons (Fsp3) is 0.857. The van der Waals surface area contributed by atoms with Crippen LogP contribution < -0.4 is 5.32 Å². The average molecular weight is 257 g/mol. The van der Waals surface area contributed by atoms with Gasteiger partial charge in [0.2, 0.25) is 0 Å². The Kier molecular flexibility index (Phi) is 7.78. The predicted octanol–water partition coefficient (Wildman–Crippen LogP) is 3.44. The second-order valence-electron chi connectivity index (χ2n) is 5.04. The zero-order valence-electron chi connectivity index (χ0n) is 11.5. The first kappa shape index (κ1) is 14.9. The maximum atomic E-state index is 5.78. The zero-order chi connectivity index (χ0) is 12.5. The summed E-state index contributed by atoms with van der Waals surface area (Å²) in [5, 5.41) is 3.60. The Morgan fingerprint density at radius 2 is 2.24 bits per heavy atom. The van der Waals surface area contributed by atoms with Crippen LogP contribution in [0.5, 0.6) is 0 Å². The van der Waals surface area contributed by atoms with Crippen molar-refractivity contribution < 1.29 is 4.74 Å². The van der Waals surface area contributed by atoms with Crippen molar-refractivity contribution in [1.29, 1.82) is 0 Å². The molecule has 0 radical (unpaired) electrons. The Labute approximate surface area is 111 Å². The summed E-state index contributed by atoms with van der Waals surface area (Å²) < 4.78 is 5.78. The molecule has 1 aliphatic rings. The highest BCUT2D eigenvalue weighted by Gasteiger charge is 2.17. The van der Waals surface area contributed by atoms with Crippen molar-refractivity contribution in [2.45, 2.75) is 46.1 Å². The molecule has 0 fully saturated rings. The number of nitrogens with one attached hydrogen (secondary N) is 1. The lowest BCUT2D eigenvalue weighted by atomic mass is 10.1. The van der Waals surface area contributed by atoms with Gasteiger partial charge in [0.15, 0.2) is 0 Å². The molecule has 100 valence electrons. The Hall–Kier alpha value is -0.150. The molecule has 1 atom stereocenters. The molecule has 1 N–H and O–H groups in total. The Morgan fingerprint density at radius 3 is 2.82 bits per heavy atom. The molecule has 1 aliphatic heterocycles. The van der Waals surface area contributed by atoms with E-state index in [2.05, 4.69) is 32.2 Å². The Balaban J connectivity index is 2.38. The molecule has 1 rings (SSSR count). The van der Waals surface area contributed by atoms with Gasteiger partial charge in [0.1, 0.15) is 5.76 Å². The van der Waals surface area contributed by atoms with Crippen LogP contribution in [-0.2, 0) is 4.74 Å². The van der Waals surface area contributed by atoms with Gasteiger partial charge in [0.25, 0.3) is 0 Å². The molecular formula is C14H27NOS. The number of hydrogen-bond acceptors (Lipinski definition) is 3. The van der Waals surface area contributed by atoms with Crippen molar-refractivity contribution in [2.24, 2.45) is 5.92 Å². The number of ether oxygens (including phenoxy) is 1. The van der Waals surface area contributed by atoms with Crippen LogP contribution in [0, 0.1) is 5.92 Å². The van der Waals surface area contributed by atoms with Gasteiger partial charge >= 0.3 is 0 Å². The van der Waals surface area contributed by atoms with Crippen LogP contribution in [-0.4, -0.2) is 30.7 Å². The molecule has 0 amide bonds. The van der Waals surface area contributed by atoms with Crippen molar-refractivity contribution >= 4 is 11.8 Å². The molecule has 1 heterocycles. The molecule has 0 saturated carbocycles. The smallest absolute Gasteiger partial charge is 0.110 e. The third kappa shape index (κ3) is 6.37. The van der Waals surface area contributed by atoms with Crippen LogP contribution in [0.4, 0.5) is 0 Å². The topological polar surface area (TPSA) is 21.3 Å². The minimum Gasteiger partial charge on any atom is -0.497 e. The van der Waals surface area contributed by atoms with E-state index < -0.39 is 0 Å². The van der Waals surface area contributed by atoms with Gasteiger partial charge in [-0.3, -0.25) is 0 Å². The van der Waals surface area contributed by atoms with Crippen molar-refractivity contribution in [2.75, 3.05) is 24.7 Å². The molecule has 1 unspecified atom stereocenters. The monoisotopic (exact) mass is 257 g/mol. The van der Waals surface area contributed by atoms with E-state index in [-0.39, 0.29) is 0 Å². The highest BCUT2D eigenvalue weighted by Crippen LogP contribution is 2.18. The molecule has 0 spiro atoms. The summed E-state index contributed by atoms with van der Waals surface area (Å²) in [6, 6.07) is 0.416. The van der Waals surface area contributed by atoms with Gasteiger partial charge < -0.3 is 10.1 Å². The van der Waals surface area contributed by atoms with Gasteiger partial charge in [-0.1, -0.05) is 20.8 Å². The van der Waals surface area contributed by atoms with Crippen LogP contribution >= 0.6 is 11.8 Å². The molecule has 0 bridgehead atoms. The van der Waals surface area contributed by atoms with Gasteiger partial charge in [0.05, 0.1) is 12.6 Å². The Morgan fingerprint density at radius 1 is 1.41 bits per heavy atom. The number of rotatable bonds is 8. The molecule has 0 aromatic heterocycles. The summed E-state index contributed by atoms with van der Waals surface area (Å²) in [5.41, 5.74) is 0. The van der Waals surface area contributed by atoms with Gasteiger partial charge in [-0.25, -0.2) is 0 Å². The molecule has 0 aliphatic carbocycles. The lowest BCUT2D eigenvalue weighted by Crippen LogP contribution is -2.35. The van der Waals surface area contributed by atoms with E-state index >= 15 is 0 Å². The lowest BCUT2D eigenvalue weighted by Gasteiger charge is -2.24. The third-order valence-corrected chi connectivity index (χ3v) is 4.15. The first-order chi connectivity index (χ1) is 8.24. The SMILES string of the molecule is CCCNC(CSCC(C)C)C1=CCCCO1. The van der Waals surface area contributed by atoms with Crippen molar-refractivity contribution in [1.82, 2.24) is 5.32 Å². The molecule has 17 heavy (non-hydrogen) atoms. The number of allylic oxidation sites excluding steroid dienone is 1. The third-order valence-electron chi connectivity index (χ3n) is 2.68. The number of thioether (sulfide) groups is 1. The molecule has 0 aromatic carbocycles. The summed E-state index contributed by atoms with van der Waals surface area (Å²) in [4.78, 5) is 0. The van der Waals surface area contributed by atoms with E-state index in [1.165, 1.54) is 30.8 Å². The average Bonchev–Trinajstić information content (AvgIpc) is 2.34. The Bertz CT molecular complexity index is 228. The minimum atomic E-state index is 0.416. The zero-order valence-corrected chi connectivity index (χ0v) is 12.3. The van der Waals surface area contributed by atoms with Crippen LogP contribution in [0.25, 0.3) is 0 Å². The van der Waals surface area contributed by atoms with E-state index in [0.29, 0.717) is 6.04 Å². The van der Waals surface area contributed by atoms with Crippen LogP contribution in [0.2, 0.25) is 0 Å². The number of hydrogen-bond donors (Lipinski definition) is 1. The molecular weight excluding hydrogens is 230 g/mol. The predicted molar refractivity (Wildman–Crippen MR) is 77.5 cm³/mol. The molecule has 0 saturated heterocycles. The van der Waals surface area contributed by atoms with Crippen molar-refractivity contribution in [3.8, 4) is 0 Å². The summed E-state index contributed by atoms with van der Waals surface area (Å²) in [5.74, 6) is 4.32. The largest absolute Gasteiger partial charge is 0.497 e. The summed E-state index contributed by atoms with van der Waals surface area (Å²) in [6.07, 6.45) is 5.79. The van der Waals surface area contributed by atoms with Crippen LogP contribution in [0.15, 0.2) is 11.8 Å². The quantitative estimate of drug-likeness (QED) is 0.720. The lowest BCUT2D eigenvalue weighted by molar-refractivity contribution is 0.171. The summed E-state index contributed by atoms with van der Waals surface area (Å²) >= 11 is 2.03. The fourth-order valence-corrected chi connectivity index (χ4v) is 2.93. The van der Waals surface area contributed by atoms with Crippen molar-refractivity contribution in [3.05, 3.63) is 11.8 Å². The van der Waals surface area contributed by atoms with E-state index in [4.69, 9.17) is 4.74 Å². The standard InChI is InChI=1S/C14H27NOS/c1-4-8-15-13(11-17-10-12(2)3)14-7-5-6-9-16-14/h7,12-13,15H,4-6,8-11H2,1-3H3. The molecule has 0 aromatic rings. The van der Waals surface area contributed by atoms with E-state index in [1.54, 1.807) is 0 Å². The normalized spacial score (nSPS) is 17.8. The molecule has 3 heteroatoms. The van der Waals surface area contributed by atoms with Gasteiger partial charge in [0, 0.05) is 5.75 Å². The summed E-state index contributed by atoms with van der Waals surface area (Å²) in [6.45, 7) is 8.73. The molecule has 2 nitrogen and oxygen atoms in total. The second kappa shape index (κ2) is 8.87. The van der Waals surface area contributed by atoms with E-state index in [0.717, 1.165) is 24.8 Å². The fourth-order valence-electron chi connectivity index (χ4n) is 1.80. The second-order valence-corrected chi connectivity index (χ2v) is 6.11. The maximum absolute atomic E-state index is 5.78. The van der Waals surface area contributed by atoms with Crippen LogP contribution in [0.3, 0.4) is 0 Å². The van der Waals surface area contributed by atoms with Crippen molar-refractivity contribution in [3.63, 3.8) is 0 Å². The van der Waals surface area contributed by atoms with Gasteiger partial charge in [-0.05, 0) is 43.6 Å². The maximum Gasteiger partial charge on any atom is 0.110 e. The highest BCUT2D eigenvalue weighted by atomic mass is 32.2. The first-order valence-corrected chi connectivity index (χ1v) is 8.03. The van der Waals surface area contributed by atoms with E-state index in [9.17, 15) is 0 Å². The summed E-state index contributed by atoms with van der Waals surface area (Å²) in [7, 11) is 0. The van der Waals surface area contributed by atoms with Gasteiger partial charge in [-0.2, -0.15) is 11.8 Å².